The number of primary amides is 1. The second-order valence-electron chi connectivity index (χ2n) is 15.6. The van der Waals surface area contributed by atoms with Crippen molar-refractivity contribution in [3.8, 4) is 0 Å². The van der Waals surface area contributed by atoms with Crippen LogP contribution >= 0.6 is 0 Å². The molecule has 0 spiro atoms. The molecule has 1 heterocycles. The van der Waals surface area contributed by atoms with E-state index in [4.69, 9.17) is 11.5 Å². The van der Waals surface area contributed by atoms with Gasteiger partial charge in [0.05, 0.1) is 5.41 Å². The summed E-state index contributed by atoms with van der Waals surface area (Å²) in [5, 5.41) is 7.79. The van der Waals surface area contributed by atoms with Crippen LogP contribution in [0.1, 0.15) is 111 Å². The van der Waals surface area contributed by atoms with Crippen molar-refractivity contribution < 1.29 is 4.79 Å². The predicted octanol–water partition coefficient (Wildman–Crippen LogP) is 6.29. The van der Waals surface area contributed by atoms with Crippen molar-refractivity contribution in [1.82, 2.24) is 10.2 Å². The van der Waals surface area contributed by atoms with Gasteiger partial charge in [-0.1, -0.05) is 60.1 Å². The number of aromatic nitrogens is 2. The van der Waals surface area contributed by atoms with Gasteiger partial charge >= 0.3 is 0 Å². The molecule has 3 saturated carbocycles. The minimum atomic E-state index is -0.349. The molecule has 5 aliphatic rings. The van der Waals surface area contributed by atoms with Crippen molar-refractivity contribution in [2.24, 2.45) is 50.6 Å². The molecule has 1 aromatic heterocycles. The largest absolute Gasteiger partial charge is 0.382 e. The molecule has 198 valence electrons. The smallest absolute Gasteiger partial charge is 0.224 e. The van der Waals surface area contributed by atoms with E-state index < -0.39 is 0 Å². The molecule has 0 saturated heterocycles. The molecule has 1 unspecified atom stereocenters. The van der Waals surface area contributed by atoms with Crippen molar-refractivity contribution in [2.75, 3.05) is 5.73 Å². The quantitative estimate of drug-likeness (QED) is 0.402. The van der Waals surface area contributed by atoms with Crippen molar-refractivity contribution in [3.05, 3.63) is 22.9 Å². The molecule has 5 N–H and O–H groups in total. The summed E-state index contributed by atoms with van der Waals surface area (Å²) in [7, 11) is 0. The lowest BCUT2D eigenvalue weighted by Gasteiger charge is -2.70. The predicted molar refractivity (Wildman–Crippen MR) is 145 cm³/mol. The van der Waals surface area contributed by atoms with Gasteiger partial charge in [-0.05, 0) is 97.2 Å². The van der Waals surface area contributed by atoms with E-state index in [2.05, 4.69) is 64.7 Å². The van der Waals surface area contributed by atoms with E-state index in [1.165, 1.54) is 24.1 Å². The molecular formula is C31H48N4O. The summed E-state index contributed by atoms with van der Waals surface area (Å²) in [6.45, 7) is 17.3. The molecule has 6 rings (SSSR count). The van der Waals surface area contributed by atoms with Gasteiger partial charge in [0, 0.05) is 16.7 Å². The minimum Gasteiger partial charge on any atom is -0.382 e. The molecule has 1 amide bonds. The minimum absolute atomic E-state index is 0.0280. The second-order valence-corrected chi connectivity index (χ2v) is 15.6. The number of nitrogens with two attached hydrogens (primary N) is 2. The number of nitrogens with one attached hydrogen (secondary N) is 1. The first-order valence-electron chi connectivity index (χ1n) is 14.5. The van der Waals surface area contributed by atoms with Gasteiger partial charge in [0.1, 0.15) is 5.82 Å². The summed E-state index contributed by atoms with van der Waals surface area (Å²) < 4.78 is 0. The number of H-pyrrole nitrogens is 1. The number of carbonyl (C=O) groups excluding carboxylic acids is 1. The van der Waals surface area contributed by atoms with E-state index in [1.54, 1.807) is 5.57 Å². The standard InChI is InChI=1S/C31H48N4O/c1-26(2)12-14-31(25(33)36)15-13-29(6)19(20(31)17-26)8-9-22-28(5)16-18-23(34-35-24(18)32)27(3,4)21(28)10-11-30(22,29)7/h8,20-22H,9-17H2,1-7H3,(H2,33,36)(H3,32,34,35)/t20-,21-,22?,28-,29+,30+,31-/m0/s1. The Morgan fingerprint density at radius 2 is 1.69 bits per heavy atom. The van der Waals surface area contributed by atoms with E-state index in [0.717, 1.165) is 44.9 Å². The third-order valence-corrected chi connectivity index (χ3v) is 13.4. The number of allylic oxidation sites excluding steroid dienone is 2. The Morgan fingerprint density at radius 1 is 1.00 bits per heavy atom. The molecule has 0 bridgehead atoms. The summed E-state index contributed by atoms with van der Waals surface area (Å²) in [6.07, 6.45) is 12.4. The summed E-state index contributed by atoms with van der Waals surface area (Å²) in [5.41, 5.74) is 17.2. The fraction of sp³-hybridized carbons (Fsp3) is 0.806. The summed E-state index contributed by atoms with van der Waals surface area (Å²) in [5.74, 6) is 2.11. The van der Waals surface area contributed by atoms with Crippen LogP contribution in [0.3, 0.4) is 0 Å². The normalized spacial score (nSPS) is 46.3. The van der Waals surface area contributed by atoms with E-state index in [0.29, 0.717) is 23.6 Å². The fourth-order valence-electron chi connectivity index (χ4n) is 11.1. The van der Waals surface area contributed by atoms with Crippen molar-refractivity contribution in [2.45, 2.75) is 112 Å². The van der Waals surface area contributed by atoms with Gasteiger partial charge in [0.15, 0.2) is 0 Å². The van der Waals surface area contributed by atoms with Gasteiger partial charge in [-0.2, -0.15) is 5.10 Å². The molecule has 5 nitrogen and oxygen atoms in total. The number of hydrogen-bond acceptors (Lipinski definition) is 3. The average molecular weight is 493 g/mol. The second kappa shape index (κ2) is 6.99. The highest BCUT2D eigenvalue weighted by Gasteiger charge is 2.69. The van der Waals surface area contributed by atoms with Crippen LogP contribution in [0.5, 0.6) is 0 Å². The van der Waals surface area contributed by atoms with Crippen LogP contribution in [-0.4, -0.2) is 16.1 Å². The number of fused-ring (bicyclic) bond motifs is 8. The van der Waals surface area contributed by atoms with Crippen LogP contribution in [0, 0.1) is 44.8 Å². The highest BCUT2D eigenvalue weighted by molar-refractivity contribution is 5.82. The highest BCUT2D eigenvalue weighted by Crippen LogP contribution is 2.75. The van der Waals surface area contributed by atoms with E-state index >= 15 is 0 Å². The number of aromatic amines is 1. The molecular weight excluding hydrogens is 444 g/mol. The highest BCUT2D eigenvalue weighted by atomic mass is 16.1. The van der Waals surface area contributed by atoms with E-state index in [9.17, 15) is 4.79 Å². The summed E-state index contributed by atoms with van der Waals surface area (Å²) >= 11 is 0. The van der Waals surface area contributed by atoms with Gasteiger partial charge in [-0.3, -0.25) is 9.89 Å². The van der Waals surface area contributed by atoms with Crippen molar-refractivity contribution >= 4 is 11.7 Å². The molecule has 0 aromatic carbocycles. The third-order valence-electron chi connectivity index (χ3n) is 13.4. The van der Waals surface area contributed by atoms with Gasteiger partial charge in [0.2, 0.25) is 5.91 Å². The third kappa shape index (κ3) is 2.73. The number of rotatable bonds is 1. The Bertz CT molecular complexity index is 1160. The topological polar surface area (TPSA) is 97.8 Å². The summed E-state index contributed by atoms with van der Waals surface area (Å²) in [6, 6.07) is 0. The monoisotopic (exact) mass is 492 g/mol. The van der Waals surface area contributed by atoms with Gasteiger partial charge in [-0.25, -0.2) is 0 Å². The SMILES string of the molecule is CC1(C)CC[C@]2(C(N)=O)CC[C@]3(C)C(=CCC4[C@@]5(C)Cc6c(N)n[nH]c6C(C)(C)[C@@H]5CC[C@]43C)[C@@H]2C1. The lowest BCUT2D eigenvalue weighted by Crippen LogP contribution is -2.65. The van der Waals surface area contributed by atoms with E-state index in [1.807, 2.05) is 0 Å². The zero-order valence-corrected chi connectivity index (χ0v) is 23.7. The zero-order valence-electron chi connectivity index (χ0n) is 23.7. The molecule has 7 atom stereocenters. The van der Waals surface area contributed by atoms with Crippen molar-refractivity contribution in [3.63, 3.8) is 0 Å². The number of carbonyl (C=O) groups is 1. The Morgan fingerprint density at radius 3 is 2.39 bits per heavy atom. The van der Waals surface area contributed by atoms with E-state index in [-0.39, 0.29) is 38.4 Å². The molecule has 1 aromatic rings. The van der Waals surface area contributed by atoms with Crippen LogP contribution in [-0.2, 0) is 16.6 Å². The first-order valence-corrected chi connectivity index (χ1v) is 14.5. The van der Waals surface area contributed by atoms with Crippen LogP contribution in [0.2, 0.25) is 0 Å². The number of nitrogen functional groups attached to an aromatic ring is 1. The number of amides is 1. The first-order chi connectivity index (χ1) is 16.6. The number of anilines is 1. The molecule has 5 heteroatoms. The van der Waals surface area contributed by atoms with Crippen LogP contribution in [0.15, 0.2) is 11.6 Å². The van der Waals surface area contributed by atoms with Gasteiger partial charge < -0.3 is 11.5 Å². The number of nitrogens with zero attached hydrogens (tertiary/aromatic N) is 1. The molecule has 3 fully saturated rings. The Balaban J connectivity index is 1.47. The Kier molecular flexibility index (Phi) is 4.77. The lowest BCUT2D eigenvalue weighted by molar-refractivity contribution is -0.166. The fourth-order valence-corrected chi connectivity index (χ4v) is 11.1. The Hall–Kier alpha value is -1.78. The van der Waals surface area contributed by atoms with Crippen LogP contribution in [0.4, 0.5) is 5.82 Å². The maximum absolute atomic E-state index is 13.1. The molecule has 0 aliphatic heterocycles. The molecule has 36 heavy (non-hydrogen) atoms. The maximum atomic E-state index is 13.1. The van der Waals surface area contributed by atoms with Crippen LogP contribution < -0.4 is 11.5 Å². The number of hydrogen-bond donors (Lipinski definition) is 3. The zero-order chi connectivity index (χ0) is 26.1. The van der Waals surface area contributed by atoms with Gasteiger partial charge in [0.25, 0.3) is 0 Å². The lowest BCUT2D eigenvalue weighted by atomic mass is 9.33. The maximum Gasteiger partial charge on any atom is 0.224 e. The molecule has 5 aliphatic carbocycles. The molecule has 0 radical (unpaired) electrons. The first kappa shape index (κ1) is 24.6. The van der Waals surface area contributed by atoms with Crippen LogP contribution in [0.25, 0.3) is 0 Å². The van der Waals surface area contributed by atoms with Gasteiger partial charge in [-0.15, -0.1) is 0 Å². The Labute approximate surface area is 217 Å². The summed E-state index contributed by atoms with van der Waals surface area (Å²) in [4.78, 5) is 13.1. The van der Waals surface area contributed by atoms with Crippen molar-refractivity contribution in [1.29, 1.82) is 0 Å². The average Bonchev–Trinajstić information content (AvgIpc) is 3.14.